The topological polar surface area (TPSA) is 75.7 Å². The maximum absolute atomic E-state index is 12.6. The van der Waals surface area contributed by atoms with Crippen LogP contribution in [0.5, 0.6) is 0 Å². The number of rotatable bonds is 4. The van der Waals surface area contributed by atoms with Crippen molar-refractivity contribution in [3.8, 4) is 0 Å². The molecule has 2 amide bonds. The highest BCUT2D eigenvalue weighted by Gasteiger charge is 2.28. The minimum atomic E-state index is -0.476. The summed E-state index contributed by atoms with van der Waals surface area (Å²) in [5.41, 5.74) is 2.43. The maximum atomic E-state index is 12.6. The summed E-state index contributed by atoms with van der Waals surface area (Å²) in [6, 6.07) is 8.99. The molecule has 1 atom stereocenters. The van der Waals surface area contributed by atoms with Gasteiger partial charge in [-0.05, 0) is 48.9 Å². The zero-order valence-corrected chi connectivity index (χ0v) is 16.5. The highest BCUT2D eigenvalue weighted by molar-refractivity contribution is 7.14. The van der Waals surface area contributed by atoms with Gasteiger partial charge in [-0.3, -0.25) is 14.5 Å². The van der Waals surface area contributed by atoms with Gasteiger partial charge in [0.25, 0.3) is 5.91 Å². The van der Waals surface area contributed by atoms with Crippen LogP contribution in [0.15, 0.2) is 30.3 Å². The predicted octanol–water partition coefficient (Wildman–Crippen LogP) is 3.41. The summed E-state index contributed by atoms with van der Waals surface area (Å²) in [5.74, 6) is -0.480. The summed E-state index contributed by atoms with van der Waals surface area (Å²) in [6.07, 6.45) is 4.32. The number of nitrogens with one attached hydrogen (secondary N) is 1. The van der Waals surface area contributed by atoms with E-state index < -0.39 is 11.9 Å². The van der Waals surface area contributed by atoms with E-state index in [2.05, 4.69) is 12.2 Å². The summed E-state index contributed by atoms with van der Waals surface area (Å²) in [6.45, 7) is 1.72. The predicted molar refractivity (Wildman–Crippen MR) is 108 cm³/mol. The van der Waals surface area contributed by atoms with Crippen LogP contribution in [0.4, 0.5) is 11.4 Å². The number of anilines is 2. The van der Waals surface area contributed by atoms with E-state index in [0.29, 0.717) is 22.2 Å². The van der Waals surface area contributed by atoms with Gasteiger partial charge in [0.2, 0.25) is 5.91 Å². The number of hydrogen-bond acceptors (Lipinski definition) is 5. The third-order valence-corrected chi connectivity index (χ3v) is 6.58. The number of esters is 1. The van der Waals surface area contributed by atoms with Gasteiger partial charge in [-0.2, -0.15) is 0 Å². The van der Waals surface area contributed by atoms with Crippen molar-refractivity contribution in [1.29, 1.82) is 0 Å². The van der Waals surface area contributed by atoms with Crippen molar-refractivity contribution in [2.45, 2.75) is 32.6 Å². The highest BCUT2D eigenvalue weighted by atomic mass is 32.1. The molecule has 0 spiro atoms. The first-order valence-corrected chi connectivity index (χ1v) is 10.3. The summed E-state index contributed by atoms with van der Waals surface area (Å²) >= 11 is 1.47. The lowest BCUT2D eigenvalue weighted by Crippen LogP contribution is -2.44. The van der Waals surface area contributed by atoms with E-state index in [-0.39, 0.29) is 19.1 Å². The molecule has 0 saturated heterocycles. The number of carbonyl (C=O) groups is 3. The fourth-order valence-corrected chi connectivity index (χ4v) is 4.88. The van der Waals surface area contributed by atoms with E-state index in [1.165, 1.54) is 26.7 Å². The van der Waals surface area contributed by atoms with Crippen LogP contribution in [0.25, 0.3) is 0 Å². The number of carbonyl (C=O) groups excluding carboxylic acids is 3. The van der Waals surface area contributed by atoms with Gasteiger partial charge in [-0.15, -0.1) is 11.3 Å². The van der Waals surface area contributed by atoms with E-state index >= 15 is 0 Å². The molecule has 2 heterocycles. The van der Waals surface area contributed by atoms with Gasteiger partial charge in [-0.1, -0.05) is 25.5 Å². The number of ether oxygens (including phenoxy) is 1. The van der Waals surface area contributed by atoms with E-state index in [4.69, 9.17) is 4.74 Å². The molecular formula is C21H22N2O4S. The first-order chi connectivity index (χ1) is 13.5. The molecule has 2 aliphatic rings. The number of aryl methyl sites for hydroxylation is 1. The summed E-state index contributed by atoms with van der Waals surface area (Å²) in [7, 11) is 0. The van der Waals surface area contributed by atoms with Crippen molar-refractivity contribution >= 4 is 40.5 Å². The summed E-state index contributed by atoms with van der Waals surface area (Å²) in [4.78, 5) is 40.0. The fourth-order valence-electron chi connectivity index (χ4n) is 3.78. The monoisotopic (exact) mass is 398 g/mol. The minimum absolute atomic E-state index is 0.0842. The normalized spacial score (nSPS) is 18.1. The molecule has 1 aromatic carbocycles. The number of amides is 2. The standard InChI is InChI=1S/C21H22N2O4S/c1-2-13-7-8-17-14(9-13)10-18(28-17)21(26)27-12-20(25)23-11-19(24)22-15-5-3-4-6-16(15)23/h3-6,10,13H,2,7-9,11-12H2,1H3,(H,22,24)/t13-/m1/s1. The first kappa shape index (κ1) is 18.7. The van der Waals surface area contributed by atoms with Gasteiger partial charge < -0.3 is 10.1 Å². The lowest BCUT2D eigenvalue weighted by molar-refractivity contribution is -0.124. The summed E-state index contributed by atoms with van der Waals surface area (Å²) < 4.78 is 5.27. The Balaban J connectivity index is 1.41. The Bertz CT molecular complexity index is 936. The number of benzene rings is 1. The van der Waals surface area contributed by atoms with Gasteiger partial charge >= 0.3 is 5.97 Å². The van der Waals surface area contributed by atoms with Gasteiger partial charge in [0.1, 0.15) is 11.4 Å². The third kappa shape index (κ3) is 3.67. The van der Waals surface area contributed by atoms with Crippen LogP contribution in [-0.2, 0) is 27.2 Å². The second-order valence-corrected chi connectivity index (χ2v) is 8.33. The number of para-hydroxylation sites is 2. The largest absolute Gasteiger partial charge is 0.451 e. The zero-order valence-electron chi connectivity index (χ0n) is 15.7. The van der Waals surface area contributed by atoms with Crippen LogP contribution in [0.1, 0.15) is 39.9 Å². The van der Waals surface area contributed by atoms with Gasteiger partial charge in [0, 0.05) is 4.88 Å². The van der Waals surface area contributed by atoms with Crippen LogP contribution >= 0.6 is 11.3 Å². The number of thiophene rings is 1. The molecule has 0 saturated carbocycles. The Morgan fingerprint density at radius 3 is 2.96 bits per heavy atom. The van der Waals surface area contributed by atoms with Crippen molar-refractivity contribution in [3.63, 3.8) is 0 Å². The average molecular weight is 398 g/mol. The molecule has 28 heavy (non-hydrogen) atoms. The smallest absolute Gasteiger partial charge is 0.348 e. The van der Waals surface area contributed by atoms with Crippen LogP contribution in [0, 0.1) is 5.92 Å². The number of hydrogen-bond donors (Lipinski definition) is 1. The Hall–Kier alpha value is -2.67. The van der Waals surface area contributed by atoms with E-state index in [0.717, 1.165) is 25.7 Å². The van der Waals surface area contributed by atoms with Crippen LogP contribution < -0.4 is 10.2 Å². The van der Waals surface area contributed by atoms with Crippen molar-refractivity contribution in [2.24, 2.45) is 5.92 Å². The molecule has 0 radical (unpaired) electrons. The second kappa shape index (κ2) is 7.75. The highest BCUT2D eigenvalue weighted by Crippen LogP contribution is 2.34. The Morgan fingerprint density at radius 1 is 1.32 bits per heavy atom. The van der Waals surface area contributed by atoms with Crippen LogP contribution in [0.2, 0.25) is 0 Å². The maximum Gasteiger partial charge on any atom is 0.348 e. The molecular weight excluding hydrogens is 376 g/mol. The number of nitrogens with zero attached hydrogens (tertiary/aromatic N) is 1. The third-order valence-electron chi connectivity index (χ3n) is 5.36. The first-order valence-electron chi connectivity index (χ1n) is 9.53. The lowest BCUT2D eigenvalue weighted by atomic mass is 9.87. The molecule has 2 aromatic rings. The van der Waals surface area contributed by atoms with E-state index in [1.807, 2.05) is 6.07 Å². The van der Waals surface area contributed by atoms with Gasteiger partial charge in [0.05, 0.1) is 11.4 Å². The molecule has 146 valence electrons. The molecule has 0 fully saturated rings. The van der Waals surface area contributed by atoms with Crippen molar-refractivity contribution < 1.29 is 19.1 Å². The molecule has 7 heteroatoms. The van der Waals surface area contributed by atoms with E-state index in [9.17, 15) is 14.4 Å². The molecule has 1 aromatic heterocycles. The molecule has 1 aliphatic carbocycles. The molecule has 1 aliphatic heterocycles. The number of fused-ring (bicyclic) bond motifs is 2. The van der Waals surface area contributed by atoms with Crippen LogP contribution in [-0.4, -0.2) is 30.9 Å². The zero-order chi connectivity index (χ0) is 19.7. The Kier molecular flexibility index (Phi) is 5.17. The Labute approximate surface area is 167 Å². The fraction of sp³-hybridized carbons (Fsp3) is 0.381. The van der Waals surface area contributed by atoms with Crippen molar-refractivity contribution in [2.75, 3.05) is 23.4 Å². The SMILES string of the molecule is CC[C@@H]1CCc2sc(C(=O)OCC(=O)N3CC(=O)Nc4ccccc43)cc2C1. The van der Waals surface area contributed by atoms with Crippen LogP contribution in [0.3, 0.4) is 0 Å². The minimum Gasteiger partial charge on any atom is -0.451 e. The van der Waals surface area contributed by atoms with Crippen molar-refractivity contribution in [1.82, 2.24) is 0 Å². The van der Waals surface area contributed by atoms with Gasteiger partial charge in [-0.25, -0.2) is 4.79 Å². The molecule has 0 bridgehead atoms. The average Bonchev–Trinajstić information content (AvgIpc) is 3.14. The van der Waals surface area contributed by atoms with E-state index in [1.54, 1.807) is 24.3 Å². The molecule has 4 rings (SSSR count). The molecule has 1 N–H and O–H groups in total. The second-order valence-electron chi connectivity index (χ2n) is 7.20. The Morgan fingerprint density at radius 2 is 2.14 bits per heavy atom. The van der Waals surface area contributed by atoms with Gasteiger partial charge in [0.15, 0.2) is 6.61 Å². The summed E-state index contributed by atoms with van der Waals surface area (Å²) in [5, 5.41) is 2.73. The quantitative estimate of drug-likeness (QED) is 0.801. The van der Waals surface area contributed by atoms with Crippen molar-refractivity contribution in [3.05, 3.63) is 45.6 Å². The molecule has 6 nitrogen and oxygen atoms in total. The lowest BCUT2D eigenvalue weighted by Gasteiger charge is -2.28. The molecule has 0 unspecified atom stereocenters.